The van der Waals surface area contributed by atoms with Crippen LogP contribution in [0.4, 0.5) is 0 Å². The summed E-state index contributed by atoms with van der Waals surface area (Å²) in [7, 11) is -2.97. The zero-order chi connectivity index (χ0) is 12.2. The highest BCUT2D eigenvalue weighted by atomic mass is 32.2. The maximum absolute atomic E-state index is 11.5. The quantitative estimate of drug-likeness (QED) is 0.727. The second-order valence-electron chi connectivity index (χ2n) is 3.82. The van der Waals surface area contributed by atoms with Crippen LogP contribution in [0.25, 0.3) is 0 Å². The lowest BCUT2D eigenvalue weighted by atomic mass is 10.5. The third-order valence-electron chi connectivity index (χ3n) is 2.13. The molecule has 0 unspecified atom stereocenters. The Balaban J connectivity index is 2.27. The average Bonchev–Trinajstić information content (AvgIpc) is 2.59. The summed E-state index contributed by atoms with van der Waals surface area (Å²) in [4.78, 5) is 3.99. The summed E-state index contributed by atoms with van der Waals surface area (Å²) in [5.41, 5.74) is 0. The highest BCUT2D eigenvalue weighted by Gasteiger charge is 2.15. The van der Waals surface area contributed by atoms with Crippen LogP contribution >= 0.6 is 0 Å². The lowest BCUT2D eigenvalue weighted by Crippen LogP contribution is -2.27. The highest BCUT2D eigenvalue weighted by molar-refractivity contribution is 7.92. The van der Waals surface area contributed by atoms with E-state index in [4.69, 9.17) is 4.52 Å². The van der Waals surface area contributed by atoms with Crippen molar-refractivity contribution >= 4 is 9.84 Å². The van der Waals surface area contributed by atoms with Gasteiger partial charge in [-0.3, -0.25) is 0 Å². The van der Waals surface area contributed by atoms with Gasteiger partial charge in [0.2, 0.25) is 5.89 Å². The van der Waals surface area contributed by atoms with Crippen molar-refractivity contribution in [1.29, 1.82) is 0 Å². The fraction of sp³-hybridized carbons (Fsp3) is 0.778. The standard InChI is InChI=1S/C9H17N3O3S/c1-7(2)16(13,14)5-4-10-6-9-11-8(3)15-12-9/h7,10H,4-6H2,1-3H3. The summed E-state index contributed by atoms with van der Waals surface area (Å²) in [5.74, 6) is 1.17. The molecule has 6 nitrogen and oxygen atoms in total. The fourth-order valence-electron chi connectivity index (χ4n) is 1.06. The molecule has 0 atom stereocenters. The number of nitrogens with one attached hydrogen (secondary N) is 1. The third kappa shape index (κ3) is 3.90. The summed E-state index contributed by atoms with van der Waals surface area (Å²) < 4.78 is 27.7. The first-order valence-corrected chi connectivity index (χ1v) is 6.85. The molecular formula is C9H17N3O3S. The van der Waals surface area contributed by atoms with Gasteiger partial charge in [-0.1, -0.05) is 5.16 Å². The van der Waals surface area contributed by atoms with Crippen LogP contribution in [0.3, 0.4) is 0 Å². The molecule has 1 aromatic heterocycles. The van der Waals surface area contributed by atoms with Crippen LogP contribution in [-0.2, 0) is 16.4 Å². The van der Waals surface area contributed by atoms with Gasteiger partial charge in [0.15, 0.2) is 15.7 Å². The van der Waals surface area contributed by atoms with Gasteiger partial charge in [0.1, 0.15) is 0 Å². The summed E-state index contributed by atoms with van der Waals surface area (Å²) in [6, 6.07) is 0. The van der Waals surface area contributed by atoms with E-state index in [9.17, 15) is 8.42 Å². The van der Waals surface area contributed by atoms with E-state index in [-0.39, 0.29) is 11.0 Å². The van der Waals surface area contributed by atoms with Crippen molar-refractivity contribution in [2.24, 2.45) is 0 Å². The molecule has 1 heterocycles. The molecule has 1 N–H and O–H groups in total. The number of sulfone groups is 1. The van der Waals surface area contributed by atoms with Crippen molar-refractivity contribution in [3.63, 3.8) is 0 Å². The van der Waals surface area contributed by atoms with Crippen LogP contribution in [0, 0.1) is 6.92 Å². The Labute approximate surface area is 95.3 Å². The monoisotopic (exact) mass is 247 g/mol. The molecule has 0 radical (unpaired) electrons. The SMILES string of the molecule is Cc1nc(CNCCS(=O)(=O)C(C)C)no1. The maximum atomic E-state index is 11.5. The fourth-order valence-corrected chi connectivity index (χ4v) is 1.96. The molecule has 1 aromatic rings. The predicted molar refractivity (Wildman–Crippen MR) is 59.7 cm³/mol. The molecule has 0 bridgehead atoms. The van der Waals surface area contributed by atoms with Crippen LogP contribution < -0.4 is 5.32 Å². The summed E-state index contributed by atoms with van der Waals surface area (Å²) >= 11 is 0. The van der Waals surface area contributed by atoms with Gasteiger partial charge < -0.3 is 9.84 Å². The van der Waals surface area contributed by atoms with E-state index in [2.05, 4.69) is 15.5 Å². The topological polar surface area (TPSA) is 85.1 Å². The van der Waals surface area contributed by atoms with Crippen molar-refractivity contribution in [2.45, 2.75) is 32.6 Å². The minimum atomic E-state index is -2.97. The zero-order valence-corrected chi connectivity index (χ0v) is 10.5. The van der Waals surface area contributed by atoms with E-state index in [1.165, 1.54) is 0 Å². The Morgan fingerprint density at radius 2 is 2.12 bits per heavy atom. The van der Waals surface area contributed by atoms with Gasteiger partial charge in [-0.25, -0.2) is 8.42 Å². The van der Waals surface area contributed by atoms with Gasteiger partial charge in [0, 0.05) is 13.5 Å². The predicted octanol–water partition coefficient (Wildman–Crippen LogP) is 0.291. The van der Waals surface area contributed by atoms with E-state index in [1.807, 2.05) is 0 Å². The molecule has 16 heavy (non-hydrogen) atoms. The summed E-state index contributed by atoms with van der Waals surface area (Å²) in [6.45, 7) is 5.88. The van der Waals surface area contributed by atoms with Gasteiger partial charge >= 0.3 is 0 Å². The van der Waals surface area contributed by atoms with Gasteiger partial charge in [-0.05, 0) is 13.8 Å². The minimum Gasteiger partial charge on any atom is -0.340 e. The maximum Gasteiger partial charge on any atom is 0.223 e. The number of aryl methyl sites for hydroxylation is 1. The molecule has 92 valence electrons. The first-order valence-electron chi connectivity index (χ1n) is 5.13. The molecule has 1 rings (SSSR count). The first kappa shape index (κ1) is 13.1. The van der Waals surface area contributed by atoms with E-state index < -0.39 is 9.84 Å². The molecular weight excluding hydrogens is 230 g/mol. The second-order valence-corrected chi connectivity index (χ2v) is 6.50. The Kier molecular flexibility index (Phi) is 4.43. The van der Waals surface area contributed by atoms with E-state index in [0.29, 0.717) is 24.8 Å². The van der Waals surface area contributed by atoms with E-state index in [0.717, 1.165) is 0 Å². The normalized spacial score (nSPS) is 12.2. The highest BCUT2D eigenvalue weighted by Crippen LogP contribution is 1.99. The van der Waals surface area contributed by atoms with Crippen molar-refractivity contribution in [3.8, 4) is 0 Å². The summed E-state index contributed by atoms with van der Waals surface area (Å²) in [5, 5.41) is 6.32. The molecule has 0 saturated heterocycles. The molecule has 0 aliphatic heterocycles. The van der Waals surface area contributed by atoms with Crippen LogP contribution in [0.2, 0.25) is 0 Å². The van der Waals surface area contributed by atoms with Crippen LogP contribution in [0.5, 0.6) is 0 Å². The van der Waals surface area contributed by atoms with E-state index >= 15 is 0 Å². The zero-order valence-electron chi connectivity index (χ0n) is 9.73. The van der Waals surface area contributed by atoms with Gasteiger partial charge in [0.25, 0.3) is 0 Å². The summed E-state index contributed by atoms with van der Waals surface area (Å²) in [6.07, 6.45) is 0. The molecule has 0 aliphatic carbocycles. The third-order valence-corrected chi connectivity index (χ3v) is 4.34. The van der Waals surface area contributed by atoms with Gasteiger partial charge in [-0.15, -0.1) is 0 Å². The second kappa shape index (κ2) is 5.40. The molecule has 0 aliphatic rings. The lowest BCUT2D eigenvalue weighted by molar-refractivity contribution is 0.386. The number of hydrogen-bond acceptors (Lipinski definition) is 6. The first-order chi connectivity index (χ1) is 7.42. The van der Waals surface area contributed by atoms with Crippen LogP contribution in [0.1, 0.15) is 25.6 Å². The van der Waals surface area contributed by atoms with Crippen molar-refractivity contribution < 1.29 is 12.9 Å². The molecule has 0 spiro atoms. The Morgan fingerprint density at radius 3 is 2.62 bits per heavy atom. The largest absolute Gasteiger partial charge is 0.340 e. The number of aromatic nitrogens is 2. The number of nitrogens with zero attached hydrogens (tertiary/aromatic N) is 2. The molecule has 7 heteroatoms. The lowest BCUT2D eigenvalue weighted by Gasteiger charge is -2.07. The smallest absolute Gasteiger partial charge is 0.223 e. The Morgan fingerprint density at radius 1 is 1.44 bits per heavy atom. The van der Waals surface area contributed by atoms with Crippen molar-refractivity contribution in [1.82, 2.24) is 15.5 Å². The minimum absolute atomic E-state index is 0.126. The van der Waals surface area contributed by atoms with Crippen LogP contribution in [-0.4, -0.2) is 36.1 Å². The molecule has 0 amide bonds. The van der Waals surface area contributed by atoms with Gasteiger partial charge in [-0.2, -0.15) is 4.98 Å². The van der Waals surface area contributed by atoms with E-state index in [1.54, 1.807) is 20.8 Å². The molecule has 0 aromatic carbocycles. The van der Waals surface area contributed by atoms with Crippen LogP contribution in [0.15, 0.2) is 4.52 Å². The number of rotatable bonds is 6. The Bertz CT molecular complexity index is 425. The molecule has 0 saturated carbocycles. The van der Waals surface area contributed by atoms with Crippen molar-refractivity contribution in [2.75, 3.05) is 12.3 Å². The van der Waals surface area contributed by atoms with Crippen molar-refractivity contribution in [3.05, 3.63) is 11.7 Å². The number of hydrogen-bond donors (Lipinski definition) is 1. The average molecular weight is 247 g/mol. The Hall–Kier alpha value is -0.950. The molecule has 0 fully saturated rings. The van der Waals surface area contributed by atoms with Gasteiger partial charge in [0.05, 0.1) is 17.5 Å².